The highest BCUT2D eigenvalue weighted by Gasteiger charge is 2.34. The normalized spacial score (nSPS) is 12.5. The van der Waals surface area contributed by atoms with Gasteiger partial charge in [0.15, 0.2) is 9.84 Å². The molecule has 0 aliphatic heterocycles. The fourth-order valence-corrected chi connectivity index (χ4v) is 2.88. The maximum absolute atomic E-state index is 12.3. The SMILES string of the molecule is CNC(C)(C)S(=O)(=O)c1ccc(OC)c(C)c1. The molecule has 1 aromatic carbocycles. The van der Waals surface area contributed by atoms with Gasteiger partial charge in [0.1, 0.15) is 10.6 Å². The second-order valence-corrected chi connectivity index (χ2v) is 6.89. The number of nitrogens with one attached hydrogen (secondary N) is 1. The molecule has 4 nitrogen and oxygen atoms in total. The Labute approximate surface area is 103 Å². The monoisotopic (exact) mass is 257 g/mol. The first kappa shape index (κ1) is 14.0. The van der Waals surface area contributed by atoms with Gasteiger partial charge in [-0.25, -0.2) is 8.42 Å². The third-order valence-corrected chi connectivity index (χ3v) is 5.37. The zero-order valence-corrected chi connectivity index (χ0v) is 11.7. The van der Waals surface area contributed by atoms with Crippen molar-refractivity contribution in [2.75, 3.05) is 14.2 Å². The largest absolute Gasteiger partial charge is 0.496 e. The van der Waals surface area contributed by atoms with Crippen LogP contribution in [0.5, 0.6) is 5.75 Å². The van der Waals surface area contributed by atoms with Gasteiger partial charge in [0.25, 0.3) is 0 Å². The molecule has 0 saturated heterocycles. The molecular formula is C12H19NO3S. The van der Waals surface area contributed by atoms with E-state index in [1.807, 2.05) is 6.92 Å². The summed E-state index contributed by atoms with van der Waals surface area (Å²) in [6, 6.07) is 4.88. The van der Waals surface area contributed by atoms with Gasteiger partial charge in [-0.2, -0.15) is 0 Å². The summed E-state index contributed by atoms with van der Waals surface area (Å²) in [5.74, 6) is 0.686. The molecule has 0 amide bonds. The number of benzene rings is 1. The Bertz CT molecular complexity index is 506. The number of methoxy groups -OCH3 is 1. The molecule has 0 saturated carbocycles. The number of hydrogen-bond donors (Lipinski definition) is 1. The van der Waals surface area contributed by atoms with Crippen LogP contribution in [-0.4, -0.2) is 27.4 Å². The fourth-order valence-electron chi connectivity index (χ4n) is 1.45. The molecule has 0 radical (unpaired) electrons. The van der Waals surface area contributed by atoms with E-state index in [1.54, 1.807) is 46.2 Å². The molecule has 0 aliphatic rings. The van der Waals surface area contributed by atoms with E-state index >= 15 is 0 Å². The van der Waals surface area contributed by atoms with Gasteiger partial charge in [-0.05, 0) is 51.6 Å². The van der Waals surface area contributed by atoms with Crippen LogP contribution < -0.4 is 10.1 Å². The molecule has 1 N–H and O–H groups in total. The lowest BCUT2D eigenvalue weighted by atomic mass is 10.2. The molecule has 0 heterocycles. The third-order valence-electron chi connectivity index (χ3n) is 2.95. The zero-order valence-electron chi connectivity index (χ0n) is 10.9. The second-order valence-electron chi connectivity index (χ2n) is 4.40. The van der Waals surface area contributed by atoms with Gasteiger partial charge in [0, 0.05) is 0 Å². The van der Waals surface area contributed by atoms with Gasteiger partial charge in [-0.15, -0.1) is 0 Å². The molecule has 0 bridgehead atoms. The summed E-state index contributed by atoms with van der Waals surface area (Å²) in [6.07, 6.45) is 0. The zero-order chi connectivity index (χ0) is 13.3. The van der Waals surface area contributed by atoms with Crippen molar-refractivity contribution in [3.8, 4) is 5.75 Å². The van der Waals surface area contributed by atoms with Crippen LogP contribution in [0.2, 0.25) is 0 Å². The van der Waals surface area contributed by atoms with Gasteiger partial charge in [-0.1, -0.05) is 0 Å². The first-order valence-corrected chi connectivity index (χ1v) is 6.83. The maximum Gasteiger partial charge on any atom is 0.196 e. The van der Waals surface area contributed by atoms with Crippen LogP contribution in [-0.2, 0) is 9.84 Å². The molecule has 0 spiro atoms. The summed E-state index contributed by atoms with van der Waals surface area (Å²) < 4.78 is 29.8. The van der Waals surface area contributed by atoms with Gasteiger partial charge in [0.2, 0.25) is 0 Å². The summed E-state index contributed by atoms with van der Waals surface area (Å²) in [4.78, 5) is -0.691. The van der Waals surface area contributed by atoms with Crippen molar-refractivity contribution < 1.29 is 13.2 Å². The molecule has 0 aromatic heterocycles. The minimum atomic E-state index is -3.40. The number of hydrogen-bond acceptors (Lipinski definition) is 4. The predicted molar refractivity (Wildman–Crippen MR) is 68.1 cm³/mol. The minimum Gasteiger partial charge on any atom is -0.496 e. The lowest BCUT2D eigenvalue weighted by molar-refractivity contribution is 0.411. The van der Waals surface area contributed by atoms with Crippen LogP contribution in [0.4, 0.5) is 0 Å². The molecule has 0 fully saturated rings. The Balaban J connectivity index is 3.31. The van der Waals surface area contributed by atoms with Crippen LogP contribution in [0, 0.1) is 6.92 Å². The fraction of sp³-hybridized carbons (Fsp3) is 0.500. The van der Waals surface area contributed by atoms with Crippen LogP contribution in [0.25, 0.3) is 0 Å². The molecule has 5 heteroatoms. The first-order valence-electron chi connectivity index (χ1n) is 5.34. The van der Waals surface area contributed by atoms with Gasteiger partial charge in [-0.3, -0.25) is 0 Å². The van der Waals surface area contributed by atoms with Gasteiger partial charge >= 0.3 is 0 Å². The Hall–Kier alpha value is -1.07. The average Bonchev–Trinajstić information content (AvgIpc) is 2.28. The van der Waals surface area contributed by atoms with E-state index in [-0.39, 0.29) is 0 Å². The summed E-state index contributed by atoms with van der Waals surface area (Å²) in [5, 5.41) is 2.81. The van der Waals surface area contributed by atoms with Gasteiger partial charge < -0.3 is 10.1 Å². The highest BCUT2D eigenvalue weighted by molar-refractivity contribution is 7.92. The number of ether oxygens (including phenoxy) is 1. The Morgan fingerprint density at radius 2 is 1.88 bits per heavy atom. The van der Waals surface area contributed by atoms with Crippen molar-refractivity contribution in [1.29, 1.82) is 0 Å². The van der Waals surface area contributed by atoms with Crippen molar-refractivity contribution in [3.05, 3.63) is 23.8 Å². The molecule has 0 atom stereocenters. The maximum atomic E-state index is 12.3. The quantitative estimate of drug-likeness (QED) is 0.892. The van der Waals surface area contributed by atoms with E-state index in [0.717, 1.165) is 5.56 Å². The molecule has 17 heavy (non-hydrogen) atoms. The van der Waals surface area contributed by atoms with E-state index < -0.39 is 14.7 Å². The van der Waals surface area contributed by atoms with Crippen LogP contribution >= 0.6 is 0 Å². The van der Waals surface area contributed by atoms with Crippen molar-refractivity contribution in [3.63, 3.8) is 0 Å². The smallest absolute Gasteiger partial charge is 0.196 e. The molecule has 1 aromatic rings. The van der Waals surface area contributed by atoms with Crippen LogP contribution in [0.1, 0.15) is 19.4 Å². The summed E-state index contributed by atoms with van der Waals surface area (Å²) in [7, 11) is -0.206. The molecule has 1 rings (SSSR count). The Morgan fingerprint density at radius 1 is 1.29 bits per heavy atom. The lowest BCUT2D eigenvalue weighted by Crippen LogP contribution is -2.44. The van der Waals surface area contributed by atoms with Gasteiger partial charge in [0.05, 0.1) is 12.0 Å². The van der Waals surface area contributed by atoms with Crippen molar-refractivity contribution in [1.82, 2.24) is 5.32 Å². The Kier molecular flexibility index (Phi) is 3.84. The molecule has 96 valence electrons. The summed E-state index contributed by atoms with van der Waals surface area (Å²) >= 11 is 0. The number of sulfone groups is 1. The van der Waals surface area contributed by atoms with Crippen LogP contribution in [0.3, 0.4) is 0 Å². The Morgan fingerprint density at radius 3 is 2.29 bits per heavy atom. The number of rotatable bonds is 4. The van der Waals surface area contributed by atoms with E-state index in [1.165, 1.54) is 0 Å². The van der Waals surface area contributed by atoms with Crippen molar-refractivity contribution in [2.45, 2.75) is 30.5 Å². The second kappa shape index (κ2) is 4.66. The summed E-state index contributed by atoms with van der Waals surface area (Å²) in [6.45, 7) is 5.11. The van der Waals surface area contributed by atoms with Crippen LogP contribution in [0.15, 0.2) is 23.1 Å². The van der Waals surface area contributed by atoms with E-state index in [9.17, 15) is 8.42 Å². The van der Waals surface area contributed by atoms with E-state index in [0.29, 0.717) is 10.6 Å². The topological polar surface area (TPSA) is 55.4 Å². The molecular weight excluding hydrogens is 238 g/mol. The third kappa shape index (κ3) is 2.45. The van der Waals surface area contributed by atoms with E-state index in [2.05, 4.69) is 5.32 Å². The average molecular weight is 257 g/mol. The molecule has 0 unspecified atom stereocenters. The standard InChI is InChI=1S/C12H19NO3S/c1-9-8-10(6-7-11(9)16-5)17(14,15)12(2,3)13-4/h6-8,13H,1-5H3. The van der Waals surface area contributed by atoms with Crippen molar-refractivity contribution in [2.24, 2.45) is 0 Å². The van der Waals surface area contributed by atoms with Crippen molar-refractivity contribution >= 4 is 9.84 Å². The first-order chi connectivity index (χ1) is 7.76. The minimum absolute atomic E-state index is 0.301. The molecule has 0 aliphatic carbocycles. The highest BCUT2D eigenvalue weighted by atomic mass is 32.2. The predicted octanol–water partition coefficient (Wildman–Crippen LogP) is 1.73. The highest BCUT2D eigenvalue weighted by Crippen LogP contribution is 2.27. The van der Waals surface area contributed by atoms with E-state index in [4.69, 9.17) is 4.74 Å². The number of aryl methyl sites for hydroxylation is 1. The summed E-state index contributed by atoms with van der Waals surface area (Å²) in [5.41, 5.74) is 0.806. The lowest BCUT2D eigenvalue weighted by Gasteiger charge is -2.24.